The molecule has 0 saturated carbocycles. The Labute approximate surface area is 159 Å². The monoisotopic (exact) mass is 386 g/mol. The number of H-pyrrole nitrogens is 1. The predicted octanol–water partition coefficient (Wildman–Crippen LogP) is 2.53. The Hall–Kier alpha value is -2.74. The number of aryl methyl sites for hydroxylation is 2. The summed E-state index contributed by atoms with van der Waals surface area (Å²) in [6.07, 6.45) is 0.615. The van der Waals surface area contributed by atoms with Crippen LogP contribution in [0, 0.1) is 19.7 Å². The molecule has 8 heteroatoms. The summed E-state index contributed by atoms with van der Waals surface area (Å²) in [6, 6.07) is 8.01. The van der Waals surface area contributed by atoms with E-state index in [4.69, 9.17) is 0 Å². The average molecular weight is 386 g/mol. The quantitative estimate of drug-likeness (QED) is 0.502. The molecule has 0 unspecified atom stereocenters. The number of amides is 1. The van der Waals surface area contributed by atoms with Crippen LogP contribution in [0.5, 0.6) is 0 Å². The number of fused-ring (bicyclic) bond motifs is 1. The van der Waals surface area contributed by atoms with E-state index in [1.54, 1.807) is 12.1 Å². The zero-order valence-electron chi connectivity index (χ0n) is 15.0. The highest BCUT2D eigenvalue weighted by Crippen LogP contribution is 2.16. The fourth-order valence-electron chi connectivity index (χ4n) is 2.71. The molecule has 0 fully saturated rings. The number of aromatic amines is 1. The van der Waals surface area contributed by atoms with E-state index in [2.05, 4.69) is 20.3 Å². The third-order valence-electron chi connectivity index (χ3n) is 3.97. The van der Waals surface area contributed by atoms with Crippen molar-refractivity contribution in [2.24, 2.45) is 0 Å². The molecule has 27 heavy (non-hydrogen) atoms. The molecule has 2 aromatic heterocycles. The van der Waals surface area contributed by atoms with Crippen molar-refractivity contribution in [1.82, 2.24) is 20.3 Å². The SMILES string of the molecule is Cc1cc(C)c2c(=O)[nH]c(SCC(=O)NCCc3ccc(F)cc3)nc2n1. The normalized spacial score (nSPS) is 10.9. The summed E-state index contributed by atoms with van der Waals surface area (Å²) < 4.78 is 12.9. The van der Waals surface area contributed by atoms with Crippen LogP contribution in [0.4, 0.5) is 4.39 Å². The maximum atomic E-state index is 12.9. The average Bonchev–Trinajstić information content (AvgIpc) is 2.60. The minimum Gasteiger partial charge on any atom is -0.355 e. The number of carbonyl (C=O) groups is 1. The van der Waals surface area contributed by atoms with E-state index in [-0.39, 0.29) is 23.0 Å². The smallest absolute Gasteiger partial charge is 0.261 e. The van der Waals surface area contributed by atoms with Gasteiger partial charge in [-0.25, -0.2) is 14.4 Å². The first-order valence-corrected chi connectivity index (χ1v) is 9.43. The summed E-state index contributed by atoms with van der Waals surface area (Å²) in [7, 11) is 0. The zero-order valence-corrected chi connectivity index (χ0v) is 15.8. The Bertz CT molecular complexity index is 1030. The van der Waals surface area contributed by atoms with Crippen molar-refractivity contribution in [2.45, 2.75) is 25.4 Å². The molecule has 0 spiro atoms. The van der Waals surface area contributed by atoms with Gasteiger partial charge in [-0.15, -0.1) is 0 Å². The molecule has 140 valence electrons. The minimum atomic E-state index is -0.282. The molecule has 6 nitrogen and oxygen atoms in total. The fraction of sp³-hybridized carbons (Fsp3) is 0.263. The highest BCUT2D eigenvalue weighted by atomic mass is 32.2. The molecule has 3 rings (SSSR count). The molecule has 1 amide bonds. The van der Waals surface area contributed by atoms with Crippen molar-refractivity contribution in [2.75, 3.05) is 12.3 Å². The number of halogens is 1. The minimum absolute atomic E-state index is 0.128. The van der Waals surface area contributed by atoms with Gasteiger partial charge in [0, 0.05) is 12.2 Å². The summed E-state index contributed by atoms with van der Waals surface area (Å²) in [5.41, 5.74) is 2.68. The van der Waals surface area contributed by atoms with Crippen LogP contribution in [0.3, 0.4) is 0 Å². The van der Waals surface area contributed by atoms with Crippen molar-refractivity contribution < 1.29 is 9.18 Å². The molecule has 0 saturated heterocycles. The number of nitrogens with one attached hydrogen (secondary N) is 2. The first-order chi connectivity index (χ1) is 12.9. The maximum Gasteiger partial charge on any atom is 0.261 e. The zero-order chi connectivity index (χ0) is 19.4. The van der Waals surface area contributed by atoms with Crippen molar-refractivity contribution in [3.63, 3.8) is 0 Å². The van der Waals surface area contributed by atoms with Gasteiger partial charge in [0.15, 0.2) is 10.8 Å². The highest BCUT2D eigenvalue weighted by molar-refractivity contribution is 7.99. The summed E-state index contributed by atoms with van der Waals surface area (Å²) in [5.74, 6) is -0.322. The maximum absolute atomic E-state index is 12.9. The number of hydrogen-bond donors (Lipinski definition) is 2. The Morgan fingerprint density at radius 3 is 2.70 bits per heavy atom. The Morgan fingerprint density at radius 1 is 1.22 bits per heavy atom. The van der Waals surface area contributed by atoms with Gasteiger partial charge in [0.2, 0.25) is 5.91 Å². The topological polar surface area (TPSA) is 87.7 Å². The van der Waals surface area contributed by atoms with E-state index in [1.807, 2.05) is 19.9 Å². The van der Waals surface area contributed by atoms with Gasteiger partial charge >= 0.3 is 0 Å². The van der Waals surface area contributed by atoms with Crippen LogP contribution in [0.2, 0.25) is 0 Å². The lowest BCUT2D eigenvalue weighted by molar-refractivity contribution is -0.118. The molecule has 0 aliphatic carbocycles. The van der Waals surface area contributed by atoms with Gasteiger partial charge in [-0.2, -0.15) is 0 Å². The Kier molecular flexibility index (Phi) is 5.85. The number of thioether (sulfide) groups is 1. The van der Waals surface area contributed by atoms with E-state index in [0.717, 1.165) is 28.6 Å². The number of aromatic nitrogens is 3. The lowest BCUT2D eigenvalue weighted by atomic mass is 10.1. The number of nitrogens with zero attached hydrogens (tertiary/aromatic N) is 2. The number of benzene rings is 1. The highest BCUT2D eigenvalue weighted by Gasteiger charge is 2.10. The Balaban J connectivity index is 1.57. The van der Waals surface area contributed by atoms with Gasteiger partial charge in [0.1, 0.15) is 5.82 Å². The van der Waals surface area contributed by atoms with Gasteiger partial charge in [-0.3, -0.25) is 9.59 Å². The van der Waals surface area contributed by atoms with Gasteiger partial charge in [0.05, 0.1) is 11.1 Å². The van der Waals surface area contributed by atoms with Crippen molar-refractivity contribution in [1.29, 1.82) is 0 Å². The van der Waals surface area contributed by atoms with Crippen LogP contribution < -0.4 is 10.9 Å². The molecule has 0 bridgehead atoms. The lowest BCUT2D eigenvalue weighted by Crippen LogP contribution is -2.27. The predicted molar refractivity (Wildman–Crippen MR) is 103 cm³/mol. The van der Waals surface area contributed by atoms with Gasteiger partial charge < -0.3 is 10.3 Å². The van der Waals surface area contributed by atoms with Crippen LogP contribution in [0.1, 0.15) is 16.8 Å². The first-order valence-electron chi connectivity index (χ1n) is 8.44. The largest absolute Gasteiger partial charge is 0.355 e. The van der Waals surface area contributed by atoms with Crippen molar-refractivity contribution in [3.05, 3.63) is 63.3 Å². The second-order valence-corrected chi connectivity index (χ2v) is 7.13. The molecule has 2 heterocycles. The molecular formula is C19H19FN4O2S. The Morgan fingerprint density at radius 2 is 1.96 bits per heavy atom. The lowest BCUT2D eigenvalue weighted by Gasteiger charge is -2.06. The van der Waals surface area contributed by atoms with Crippen LogP contribution >= 0.6 is 11.8 Å². The van der Waals surface area contributed by atoms with Crippen LogP contribution in [-0.2, 0) is 11.2 Å². The fourth-order valence-corrected chi connectivity index (χ4v) is 3.40. The van der Waals surface area contributed by atoms with Gasteiger partial charge in [-0.05, 0) is 49.6 Å². The van der Waals surface area contributed by atoms with Gasteiger partial charge in [0.25, 0.3) is 5.56 Å². The van der Waals surface area contributed by atoms with E-state index in [0.29, 0.717) is 29.2 Å². The number of pyridine rings is 1. The van der Waals surface area contributed by atoms with Crippen LogP contribution in [0.15, 0.2) is 40.3 Å². The van der Waals surface area contributed by atoms with Gasteiger partial charge in [-0.1, -0.05) is 23.9 Å². The molecule has 0 aliphatic heterocycles. The standard InChI is InChI=1S/C19H19FN4O2S/c1-11-9-12(2)22-17-16(11)18(26)24-19(23-17)27-10-15(25)21-8-7-13-3-5-14(20)6-4-13/h3-6,9H,7-8,10H2,1-2H3,(H,21,25)(H,22,23,24,26). The third-order valence-corrected chi connectivity index (χ3v) is 4.84. The van der Waals surface area contributed by atoms with E-state index in [9.17, 15) is 14.0 Å². The molecule has 0 atom stereocenters. The van der Waals surface area contributed by atoms with E-state index in [1.165, 1.54) is 12.1 Å². The van der Waals surface area contributed by atoms with Crippen molar-refractivity contribution >= 4 is 28.7 Å². The summed E-state index contributed by atoms with van der Waals surface area (Å²) in [6.45, 7) is 4.14. The summed E-state index contributed by atoms with van der Waals surface area (Å²) in [5, 5.41) is 3.62. The molecule has 0 aliphatic rings. The van der Waals surface area contributed by atoms with Crippen LogP contribution in [0.25, 0.3) is 11.0 Å². The molecule has 0 radical (unpaired) electrons. The number of carbonyl (C=O) groups excluding carboxylic acids is 1. The molecule has 3 aromatic rings. The number of hydrogen-bond acceptors (Lipinski definition) is 5. The van der Waals surface area contributed by atoms with Crippen molar-refractivity contribution in [3.8, 4) is 0 Å². The summed E-state index contributed by atoms with van der Waals surface area (Å²) >= 11 is 1.15. The summed E-state index contributed by atoms with van der Waals surface area (Å²) in [4.78, 5) is 35.6. The van der Waals surface area contributed by atoms with E-state index >= 15 is 0 Å². The molecule has 1 aromatic carbocycles. The van der Waals surface area contributed by atoms with E-state index < -0.39 is 0 Å². The molecule has 2 N–H and O–H groups in total. The third kappa shape index (κ3) is 4.91. The number of rotatable bonds is 6. The first kappa shape index (κ1) is 19.0. The molecular weight excluding hydrogens is 367 g/mol. The second kappa shape index (κ2) is 8.30. The van der Waals surface area contributed by atoms with Crippen LogP contribution in [-0.4, -0.2) is 33.2 Å². The second-order valence-electron chi connectivity index (χ2n) is 6.17.